The third kappa shape index (κ3) is 3.47. The molecule has 1 aliphatic heterocycles. The van der Waals surface area contributed by atoms with Gasteiger partial charge in [0.1, 0.15) is 0 Å². The van der Waals surface area contributed by atoms with Crippen LogP contribution in [0.4, 0.5) is 0 Å². The van der Waals surface area contributed by atoms with Crippen molar-refractivity contribution < 1.29 is 0 Å². The van der Waals surface area contributed by atoms with E-state index in [1.54, 1.807) is 11.3 Å². The van der Waals surface area contributed by atoms with Gasteiger partial charge in [-0.1, -0.05) is 6.92 Å². The summed E-state index contributed by atoms with van der Waals surface area (Å²) in [6.07, 6.45) is 3.29. The predicted octanol–water partition coefficient (Wildman–Crippen LogP) is 2.59. The molecule has 0 bridgehead atoms. The SMILES string of the molecule is CC(CNCC1CCSC1)c1nccs1. The summed E-state index contributed by atoms with van der Waals surface area (Å²) in [5.41, 5.74) is 0. The van der Waals surface area contributed by atoms with Gasteiger partial charge in [-0.3, -0.25) is 0 Å². The van der Waals surface area contributed by atoms with Crippen molar-refractivity contribution in [2.45, 2.75) is 19.3 Å². The fourth-order valence-corrected chi connectivity index (χ4v) is 3.80. The number of nitrogens with zero attached hydrogens (tertiary/aromatic N) is 1. The zero-order chi connectivity index (χ0) is 10.5. The first-order valence-electron chi connectivity index (χ1n) is 5.54. The van der Waals surface area contributed by atoms with Crippen molar-refractivity contribution >= 4 is 23.1 Å². The van der Waals surface area contributed by atoms with Crippen LogP contribution in [0.25, 0.3) is 0 Å². The Balaban J connectivity index is 1.65. The minimum absolute atomic E-state index is 0.555. The smallest absolute Gasteiger partial charge is 0.0965 e. The molecule has 0 aromatic carbocycles. The molecule has 1 aromatic heterocycles. The van der Waals surface area contributed by atoms with Gasteiger partial charge in [-0.15, -0.1) is 11.3 Å². The van der Waals surface area contributed by atoms with Crippen LogP contribution in [0.2, 0.25) is 0 Å². The summed E-state index contributed by atoms with van der Waals surface area (Å²) < 4.78 is 0. The van der Waals surface area contributed by atoms with Gasteiger partial charge in [-0.25, -0.2) is 4.98 Å². The van der Waals surface area contributed by atoms with Gasteiger partial charge in [0, 0.05) is 24.0 Å². The highest BCUT2D eigenvalue weighted by Crippen LogP contribution is 2.23. The Morgan fingerprint density at radius 3 is 3.27 bits per heavy atom. The third-order valence-electron chi connectivity index (χ3n) is 2.78. The second-order valence-electron chi connectivity index (χ2n) is 4.16. The van der Waals surface area contributed by atoms with Gasteiger partial charge >= 0.3 is 0 Å². The Morgan fingerprint density at radius 1 is 1.67 bits per heavy atom. The highest BCUT2D eigenvalue weighted by atomic mass is 32.2. The number of thiazole rings is 1. The van der Waals surface area contributed by atoms with Gasteiger partial charge < -0.3 is 5.32 Å². The van der Waals surface area contributed by atoms with E-state index < -0.39 is 0 Å². The van der Waals surface area contributed by atoms with Crippen molar-refractivity contribution in [1.82, 2.24) is 10.3 Å². The Kier molecular flexibility index (Phi) is 4.47. The number of thioether (sulfide) groups is 1. The van der Waals surface area contributed by atoms with E-state index in [1.807, 2.05) is 6.20 Å². The van der Waals surface area contributed by atoms with E-state index in [4.69, 9.17) is 0 Å². The fraction of sp³-hybridized carbons (Fsp3) is 0.727. The van der Waals surface area contributed by atoms with Crippen LogP contribution in [-0.4, -0.2) is 29.6 Å². The van der Waals surface area contributed by atoms with E-state index in [0.29, 0.717) is 5.92 Å². The van der Waals surface area contributed by atoms with Crippen molar-refractivity contribution in [2.24, 2.45) is 5.92 Å². The zero-order valence-electron chi connectivity index (χ0n) is 9.11. The number of hydrogen-bond donors (Lipinski definition) is 1. The normalized spacial score (nSPS) is 23.1. The first-order chi connectivity index (χ1) is 7.36. The Bertz CT molecular complexity index is 268. The van der Waals surface area contributed by atoms with Crippen molar-refractivity contribution in [3.05, 3.63) is 16.6 Å². The molecule has 0 saturated carbocycles. The van der Waals surface area contributed by atoms with Crippen LogP contribution in [0.15, 0.2) is 11.6 Å². The molecule has 2 heterocycles. The molecule has 1 aromatic rings. The van der Waals surface area contributed by atoms with E-state index >= 15 is 0 Å². The summed E-state index contributed by atoms with van der Waals surface area (Å²) in [4.78, 5) is 4.34. The van der Waals surface area contributed by atoms with E-state index in [-0.39, 0.29) is 0 Å². The largest absolute Gasteiger partial charge is 0.316 e. The predicted molar refractivity (Wildman–Crippen MR) is 68.8 cm³/mol. The summed E-state index contributed by atoms with van der Waals surface area (Å²) >= 11 is 3.85. The molecule has 2 unspecified atom stereocenters. The maximum Gasteiger partial charge on any atom is 0.0965 e. The summed E-state index contributed by atoms with van der Waals surface area (Å²) in [6, 6.07) is 0. The standard InChI is InChI=1S/C11H18N2S2/c1-9(11-13-3-5-15-11)6-12-7-10-2-4-14-8-10/h3,5,9-10,12H,2,4,6-8H2,1H3. The minimum Gasteiger partial charge on any atom is -0.316 e. The summed E-state index contributed by atoms with van der Waals surface area (Å²) in [6.45, 7) is 4.49. The summed E-state index contributed by atoms with van der Waals surface area (Å²) in [5.74, 6) is 4.16. The lowest BCUT2D eigenvalue weighted by atomic mass is 10.1. The molecule has 1 saturated heterocycles. The molecule has 15 heavy (non-hydrogen) atoms. The maximum absolute atomic E-state index is 4.34. The zero-order valence-corrected chi connectivity index (χ0v) is 10.7. The quantitative estimate of drug-likeness (QED) is 0.859. The molecule has 0 aliphatic carbocycles. The Hall–Kier alpha value is -0.0600. The average Bonchev–Trinajstić information content (AvgIpc) is 2.90. The molecule has 2 atom stereocenters. The molecule has 1 aliphatic rings. The molecule has 0 spiro atoms. The van der Waals surface area contributed by atoms with Gasteiger partial charge in [-0.2, -0.15) is 11.8 Å². The molecular formula is C11H18N2S2. The van der Waals surface area contributed by atoms with Gasteiger partial charge in [0.2, 0.25) is 0 Å². The average molecular weight is 242 g/mol. The maximum atomic E-state index is 4.34. The second kappa shape index (κ2) is 5.87. The van der Waals surface area contributed by atoms with Gasteiger partial charge in [-0.05, 0) is 30.4 Å². The van der Waals surface area contributed by atoms with Crippen LogP contribution < -0.4 is 5.32 Å². The molecular weight excluding hydrogens is 224 g/mol. The van der Waals surface area contributed by atoms with Crippen molar-refractivity contribution in [1.29, 1.82) is 0 Å². The molecule has 84 valence electrons. The molecule has 1 fully saturated rings. The van der Waals surface area contributed by atoms with Crippen LogP contribution in [0.3, 0.4) is 0 Å². The first-order valence-corrected chi connectivity index (χ1v) is 7.57. The van der Waals surface area contributed by atoms with Gasteiger partial charge in [0.15, 0.2) is 0 Å². The summed E-state index contributed by atoms with van der Waals surface area (Å²) in [5, 5.41) is 6.88. The van der Waals surface area contributed by atoms with Crippen LogP contribution in [-0.2, 0) is 0 Å². The van der Waals surface area contributed by atoms with E-state index in [1.165, 1.54) is 29.5 Å². The van der Waals surface area contributed by atoms with Crippen LogP contribution in [0, 0.1) is 5.92 Å². The highest BCUT2D eigenvalue weighted by Gasteiger charge is 2.15. The van der Waals surface area contributed by atoms with Gasteiger partial charge in [0.25, 0.3) is 0 Å². The van der Waals surface area contributed by atoms with Crippen molar-refractivity contribution in [3.8, 4) is 0 Å². The lowest BCUT2D eigenvalue weighted by molar-refractivity contribution is 0.506. The number of rotatable bonds is 5. The van der Waals surface area contributed by atoms with Crippen molar-refractivity contribution in [3.63, 3.8) is 0 Å². The first kappa shape index (κ1) is 11.4. The highest BCUT2D eigenvalue weighted by molar-refractivity contribution is 7.99. The number of nitrogens with one attached hydrogen (secondary N) is 1. The van der Waals surface area contributed by atoms with E-state index in [2.05, 4.69) is 34.4 Å². The van der Waals surface area contributed by atoms with Crippen LogP contribution in [0.1, 0.15) is 24.3 Å². The number of aromatic nitrogens is 1. The summed E-state index contributed by atoms with van der Waals surface area (Å²) in [7, 11) is 0. The van der Waals surface area contributed by atoms with E-state index in [9.17, 15) is 0 Å². The Labute approximate surface area is 99.9 Å². The topological polar surface area (TPSA) is 24.9 Å². The van der Waals surface area contributed by atoms with Crippen molar-refractivity contribution in [2.75, 3.05) is 24.6 Å². The van der Waals surface area contributed by atoms with E-state index in [0.717, 1.165) is 12.5 Å². The lowest BCUT2D eigenvalue weighted by Crippen LogP contribution is -2.26. The second-order valence-corrected chi connectivity index (χ2v) is 6.24. The fourth-order valence-electron chi connectivity index (χ4n) is 1.81. The lowest BCUT2D eigenvalue weighted by Gasteiger charge is -2.13. The van der Waals surface area contributed by atoms with Crippen LogP contribution >= 0.6 is 23.1 Å². The molecule has 4 heteroatoms. The van der Waals surface area contributed by atoms with Gasteiger partial charge in [0.05, 0.1) is 5.01 Å². The molecule has 2 nitrogen and oxygen atoms in total. The molecule has 1 N–H and O–H groups in total. The molecule has 2 rings (SSSR count). The third-order valence-corrected chi connectivity index (χ3v) is 5.02. The minimum atomic E-state index is 0.555. The molecule has 0 amide bonds. The number of hydrogen-bond acceptors (Lipinski definition) is 4. The Morgan fingerprint density at radius 2 is 2.60 bits per heavy atom. The molecule has 0 radical (unpaired) electrons. The monoisotopic (exact) mass is 242 g/mol. The van der Waals surface area contributed by atoms with Crippen LogP contribution in [0.5, 0.6) is 0 Å².